The van der Waals surface area contributed by atoms with Crippen molar-refractivity contribution in [3.8, 4) is 0 Å². The fraction of sp³-hybridized carbons (Fsp3) is 0.158. The van der Waals surface area contributed by atoms with Crippen molar-refractivity contribution >= 4 is 33.7 Å². The van der Waals surface area contributed by atoms with Gasteiger partial charge in [0.25, 0.3) is 5.91 Å². The highest BCUT2D eigenvalue weighted by molar-refractivity contribution is 7.92. The second-order valence-corrected chi connectivity index (χ2v) is 7.25. The zero-order valence-electron chi connectivity index (χ0n) is 14.7. The summed E-state index contributed by atoms with van der Waals surface area (Å²) in [4.78, 5) is 23.4. The van der Waals surface area contributed by atoms with Gasteiger partial charge in [0, 0.05) is 11.1 Å². The van der Waals surface area contributed by atoms with E-state index in [0.717, 1.165) is 11.0 Å². The average Bonchev–Trinajstić information content (AvgIpc) is 2.66. The molecule has 0 unspecified atom stereocenters. The minimum Gasteiger partial charge on any atom is -0.455 e. The summed E-state index contributed by atoms with van der Waals surface area (Å²) in [5.41, 5.74) is 2.19. The van der Waals surface area contributed by atoms with Crippen LogP contribution in [0.5, 0.6) is 0 Å². The quantitative estimate of drug-likeness (QED) is 0.674. The molecule has 0 aliphatic rings. The number of benzene rings is 2. The summed E-state index contributed by atoms with van der Waals surface area (Å²) in [6.45, 7) is 0.757. The van der Waals surface area contributed by atoms with Crippen LogP contribution in [0, 0.1) is 6.92 Å². The number of amides is 1. The van der Waals surface area contributed by atoms with Gasteiger partial charge in [0.05, 0.1) is 0 Å². The van der Waals surface area contributed by atoms with E-state index < -0.39 is 35.1 Å². The number of anilines is 1. The highest BCUT2D eigenvalue weighted by atomic mass is 32.2. The maximum absolute atomic E-state index is 11.8. The zero-order valence-corrected chi connectivity index (χ0v) is 15.5. The Morgan fingerprint density at radius 3 is 2.41 bits per heavy atom. The lowest BCUT2D eigenvalue weighted by Gasteiger charge is -2.08. The first-order valence-corrected chi connectivity index (χ1v) is 9.64. The first-order valence-electron chi connectivity index (χ1n) is 8.09. The summed E-state index contributed by atoms with van der Waals surface area (Å²) in [6, 6.07) is 16.0. The number of hydrogen-bond donors (Lipinski definition) is 2. The molecule has 2 N–H and O–H groups in total. The molecule has 0 spiro atoms. The van der Waals surface area contributed by atoms with Crippen LogP contribution in [0.15, 0.2) is 60.0 Å². The van der Waals surface area contributed by atoms with E-state index in [1.807, 2.05) is 25.1 Å². The van der Waals surface area contributed by atoms with Crippen molar-refractivity contribution in [3.63, 3.8) is 0 Å². The Balaban J connectivity index is 1.76. The summed E-state index contributed by atoms with van der Waals surface area (Å²) >= 11 is 0. The third kappa shape index (κ3) is 7.43. The molecule has 0 saturated carbocycles. The van der Waals surface area contributed by atoms with Gasteiger partial charge in [-0.25, -0.2) is 13.1 Å². The van der Waals surface area contributed by atoms with Crippen LogP contribution in [0.3, 0.4) is 0 Å². The van der Waals surface area contributed by atoms with Crippen molar-refractivity contribution in [1.29, 1.82) is 0 Å². The van der Waals surface area contributed by atoms with Crippen molar-refractivity contribution < 1.29 is 22.7 Å². The largest absolute Gasteiger partial charge is 0.455 e. The average molecular weight is 388 g/mol. The molecule has 0 saturated heterocycles. The number of nitrogens with one attached hydrogen (secondary N) is 2. The van der Waals surface area contributed by atoms with E-state index in [-0.39, 0.29) is 0 Å². The monoisotopic (exact) mass is 388 g/mol. The Kier molecular flexibility index (Phi) is 7.27. The highest BCUT2D eigenvalue weighted by Crippen LogP contribution is 2.12. The lowest BCUT2D eigenvalue weighted by atomic mass is 10.2. The van der Waals surface area contributed by atoms with E-state index in [1.54, 1.807) is 36.4 Å². The van der Waals surface area contributed by atoms with Crippen molar-refractivity contribution in [2.24, 2.45) is 0 Å². The SMILES string of the molecule is Cc1ccccc1NC(=O)COC(=O)CNS(=O)(=O)/C=C/c1ccccc1. The van der Waals surface area contributed by atoms with E-state index >= 15 is 0 Å². The van der Waals surface area contributed by atoms with Crippen LogP contribution in [-0.2, 0) is 24.3 Å². The van der Waals surface area contributed by atoms with E-state index in [0.29, 0.717) is 11.3 Å². The molecule has 2 aromatic carbocycles. The Morgan fingerprint density at radius 1 is 1.04 bits per heavy atom. The van der Waals surface area contributed by atoms with Gasteiger partial charge in [0.1, 0.15) is 6.54 Å². The zero-order chi connectivity index (χ0) is 19.7. The molecule has 2 aromatic rings. The Labute approximate surface area is 158 Å². The summed E-state index contributed by atoms with van der Waals surface area (Å²) in [7, 11) is -3.80. The number of esters is 1. The topological polar surface area (TPSA) is 102 Å². The van der Waals surface area contributed by atoms with Gasteiger partial charge in [-0.3, -0.25) is 9.59 Å². The van der Waals surface area contributed by atoms with Crippen LogP contribution in [0.2, 0.25) is 0 Å². The minimum atomic E-state index is -3.80. The summed E-state index contributed by atoms with van der Waals surface area (Å²) in [5, 5.41) is 3.57. The molecule has 0 heterocycles. The molecule has 0 atom stereocenters. The molecule has 0 bridgehead atoms. The van der Waals surface area contributed by atoms with Crippen LogP contribution in [-0.4, -0.2) is 33.4 Å². The lowest BCUT2D eigenvalue weighted by molar-refractivity contribution is -0.146. The molecule has 8 heteroatoms. The van der Waals surface area contributed by atoms with E-state index in [9.17, 15) is 18.0 Å². The summed E-state index contributed by atoms with van der Waals surface area (Å²) in [5.74, 6) is -1.36. The Morgan fingerprint density at radius 2 is 1.70 bits per heavy atom. The predicted octanol–water partition coefficient (Wildman–Crippen LogP) is 2.07. The maximum Gasteiger partial charge on any atom is 0.321 e. The summed E-state index contributed by atoms with van der Waals surface area (Å²) in [6.07, 6.45) is 1.41. The molecule has 27 heavy (non-hydrogen) atoms. The standard InChI is InChI=1S/C19H20N2O5S/c1-15-7-5-6-10-17(15)21-18(22)14-26-19(23)13-20-27(24,25)12-11-16-8-3-2-4-9-16/h2-12,20H,13-14H2,1H3,(H,21,22)/b12-11+. The predicted molar refractivity (Wildman–Crippen MR) is 103 cm³/mol. The molecular weight excluding hydrogens is 368 g/mol. The van der Waals surface area contributed by atoms with Crippen molar-refractivity contribution in [2.45, 2.75) is 6.92 Å². The molecule has 0 aliphatic carbocycles. The number of carbonyl (C=O) groups is 2. The molecular formula is C19H20N2O5S. The number of sulfonamides is 1. The van der Waals surface area contributed by atoms with E-state index in [4.69, 9.17) is 4.74 Å². The molecule has 7 nitrogen and oxygen atoms in total. The third-order valence-corrected chi connectivity index (χ3v) is 4.48. The summed E-state index contributed by atoms with van der Waals surface area (Å²) < 4.78 is 30.5. The van der Waals surface area contributed by atoms with Crippen LogP contribution < -0.4 is 10.0 Å². The van der Waals surface area contributed by atoms with Crippen molar-refractivity contribution in [1.82, 2.24) is 4.72 Å². The molecule has 0 aromatic heterocycles. The first-order chi connectivity index (χ1) is 12.9. The Hall–Kier alpha value is -2.97. The molecule has 0 fully saturated rings. The van der Waals surface area contributed by atoms with Crippen molar-refractivity contribution in [2.75, 3.05) is 18.5 Å². The second kappa shape index (κ2) is 9.65. The van der Waals surface area contributed by atoms with Gasteiger partial charge in [0.2, 0.25) is 10.0 Å². The smallest absolute Gasteiger partial charge is 0.321 e. The van der Waals surface area contributed by atoms with Gasteiger partial charge < -0.3 is 10.1 Å². The van der Waals surface area contributed by atoms with E-state index in [2.05, 4.69) is 10.0 Å². The van der Waals surface area contributed by atoms with Crippen LogP contribution in [0.25, 0.3) is 6.08 Å². The number of para-hydroxylation sites is 1. The number of carbonyl (C=O) groups excluding carboxylic acids is 2. The highest BCUT2D eigenvalue weighted by Gasteiger charge is 2.12. The van der Waals surface area contributed by atoms with Gasteiger partial charge in [-0.05, 0) is 30.2 Å². The van der Waals surface area contributed by atoms with Crippen LogP contribution >= 0.6 is 0 Å². The molecule has 0 radical (unpaired) electrons. The molecule has 2 rings (SSSR count). The van der Waals surface area contributed by atoms with Gasteiger partial charge >= 0.3 is 5.97 Å². The fourth-order valence-electron chi connectivity index (χ4n) is 2.04. The van der Waals surface area contributed by atoms with Gasteiger partial charge in [-0.2, -0.15) is 0 Å². The van der Waals surface area contributed by atoms with Crippen molar-refractivity contribution in [3.05, 3.63) is 71.1 Å². The van der Waals surface area contributed by atoms with Crippen LogP contribution in [0.4, 0.5) is 5.69 Å². The molecule has 1 amide bonds. The molecule has 142 valence electrons. The fourth-order valence-corrected chi connectivity index (χ4v) is 2.79. The number of rotatable bonds is 8. The third-order valence-electron chi connectivity index (χ3n) is 3.44. The van der Waals surface area contributed by atoms with Crippen LogP contribution in [0.1, 0.15) is 11.1 Å². The van der Waals surface area contributed by atoms with Gasteiger partial charge in [0.15, 0.2) is 6.61 Å². The van der Waals surface area contributed by atoms with E-state index in [1.165, 1.54) is 6.08 Å². The normalized spacial score (nSPS) is 11.3. The second-order valence-electron chi connectivity index (χ2n) is 5.60. The number of aryl methyl sites for hydroxylation is 1. The Bertz CT molecular complexity index is 924. The lowest BCUT2D eigenvalue weighted by Crippen LogP contribution is -2.31. The van der Waals surface area contributed by atoms with Gasteiger partial charge in [-0.15, -0.1) is 0 Å². The number of ether oxygens (including phenoxy) is 1. The van der Waals surface area contributed by atoms with Gasteiger partial charge in [-0.1, -0.05) is 48.5 Å². The first kappa shape index (κ1) is 20.3. The maximum atomic E-state index is 11.8. The molecule has 0 aliphatic heterocycles. The number of hydrogen-bond acceptors (Lipinski definition) is 5. The minimum absolute atomic E-state index is 0.505.